The van der Waals surface area contributed by atoms with Gasteiger partial charge in [-0.05, 0) is 49.4 Å². The highest BCUT2D eigenvalue weighted by atomic mass is 32.1. The van der Waals surface area contributed by atoms with Gasteiger partial charge in [0.15, 0.2) is 0 Å². The molecule has 1 heterocycles. The van der Waals surface area contributed by atoms with E-state index in [1.54, 1.807) is 43.8 Å². The zero-order chi connectivity index (χ0) is 15.5. The van der Waals surface area contributed by atoms with Crippen molar-refractivity contribution in [2.24, 2.45) is 0 Å². The highest BCUT2D eigenvalue weighted by Gasteiger charge is 2.18. The Kier molecular flexibility index (Phi) is 4.34. The second kappa shape index (κ2) is 6.40. The van der Waals surface area contributed by atoms with Crippen molar-refractivity contribution in [3.63, 3.8) is 0 Å². The maximum Gasteiger partial charge on any atom is 0.265 e. The molecule has 2 aromatic rings. The van der Waals surface area contributed by atoms with Gasteiger partial charge in [0, 0.05) is 10.9 Å². The Bertz CT molecular complexity index is 670. The quantitative estimate of drug-likeness (QED) is 0.930. The first-order valence-electron chi connectivity index (χ1n) is 7.36. The first-order valence-corrected chi connectivity index (χ1v) is 8.18. The number of ether oxygens (including phenoxy) is 2. The third-order valence-electron chi connectivity index (χ3n) is 3.88. The summed E-state index contributed by atoms with van der Waals surface area (Å²) < 4.78 is 10.5. The van der Waals surface area contributed by atoms with Crippen molar-refractivity contribution in [2.45, 2.75) is 25.7 Å². The molecule has 1 aliphatic carbocycles. The maximum atomic E-state index is 12.5. The van der Waals surface area contributed by atoms with E-state index in [1.165, 1.54) is 23.3 Å². The molecule has 3 rings (SSSR count). The number of methoxy groups -OCH3 is 2. The largest absolute Gasteiger partial charge is 0.497 e. The van der Waals surface area contributed by atoms with Gasteiger partial charge in [-0.3, -0.25) is 4.79 Å². The minimum Gasteiger partial charge on any atom is -0.497 e. The highest BCUT2D eigenvalue weighted by Crippen LogP contribution is 2.32. The van der Waals surface area contributed by atoms with E-state index < -0.39 is 0 Å². The average Bonchev–Trinajstić information content (AvgIpc) is 2.99. The second-order valence-electron chi connectivity index (χ2n) is 5.29. The van der Waals surface area contributed by atoms with Crippen LogP contribution in [0.1, 0.15) is 33.0 Å². The van der Waals surface area contributed by atoms with Gasteiger partial charge >= 0.3 is 0 Å². The van der Waals surface area contributed by atoms with E-state index in [0.29, 0.717) is 17.2 Å². The van der Waals surface area contributed by atoms with Gasteiger partial charge in [-0.1, -0.05) is 0 Å². The molecule has 1 N–H and O–H groups in total. The van der Waals surface area contributed by atoms with E-state index in [2.05, 4.69) is 5.32 Å². The molecule has 1 amide bonds. The number of amides is 1. The lowest BCUT2D eigenvalue weighted by Crippen LogP contribution is -2.11. The standard InChI is InChI=1S/C17H19NO3S/c1-20-12-7-8-14(21-2)13(10-12)18-17(19)16-9-11-5-3-4-6-15(11)22-16/h7-10H,3-6H2,1-2H3,(H,18,19). The molecule has 1 aromatic carbocycles. The molecule has 0 bridgehead atoms. The van der Waals surface area contributed by atoms with Crippen LogP contribution < -0.4 is 14.8 Å². The van der Waals surface area contributed by atoms with Gasteiger partial charge in [0.05, 0.1) is 24.8 Å². The number of carbonyl (C=O) groups excluding carboxylic acids is 1. The van der Waals surface area contributed by atoms with Gasteiger partial charge in [0.2, 0.25) is 0 Å². The Labute approximate surface area is 134 Å². The van der Waals surface area contributed by atoms with Crippen LogP contribution in [0.4, 0.5) is 5.69 Å². The van der Waals surface area contributed by atoms with Crippen LogP contribution in [-0.2, 0) is 12.8 Å². The van der Waals surface area contributed by atoms with Crippen molar-refractivity contribution < 1.29 is 14.3 Å². The Morgan fingerprint density at radius 3 is 2.68 bits per heavy atom. The molecule has 0 saturated carbocycles. The van der Waals surface area contributed by atoms with Gasteiger partial charge in [-0.15, -0.1) is 11.3 Å². The lowest BCUT2D eigenvalue weighted by atomic mass is 9.99. The molecule has 1 aliphatic rings. The molecule has 1 aromatic heterocycles. The molecule has 22 heavy (non-hydrogen) atoms. The lowest BCUT2D eigenvalue weighted by molar-refractivity contribution is 0.103. The van der Waals surface area contributed by atoms with Crippen LogP contribution in [0.2, 0.25) is 0 Å². The molecule has 0 spiro atoms. The van der Waals surface area contributed by atoms with E-state index >= 15 is 0 Å². The summed E-state index contributed by atoms with van der Waals surface area (Å²) in [5.74, 6) is 1.21. The topological polar surface area (TPSA) is 47.6 Å². The van der Waals surface area contributed by atoms with E-state index in [9.17, 15) is 4.79 Å². The SMILES string of the molecule is COc1ccc(OC)c(NC(=O)c2cc3c(s2)CCCC3)c1. The molecule has 0 fully saturated rings. The summed E-state index contributed by atoms with van der Waals surface area (Å²) >= 11 is 1.60. The Balaban J connectivity index is 1.83. The maximum absolute atomic E-state index is 12.5. The molecular formula is C17H19NO3S. The van der Waals surface area contributed by atoms with Crippen LogP contribution in [0, 0.1) is 0 Å². The normalized spacial score (nSPS) is 13.4. The predicted octanol–water partition coefficient (Wildman–Crippen LogP) is 3.90. The van der Waals surface area contributed by atoms with Crippen LogP contribution in [0.3, 0.4) is 0 Å². The number of hydrogen-bond acceptors (Lipinski definition) is 4. The van der Waals surface area contributed by atoms with Crippen molar-refractivity contribution in [1.29, 1.82) is 0 Å². The van der Waals surface area contributed by atoms with Crippen molar-refractivity contribution in [1.82, 2.24) is 0 Å². The Morgan fingerprint density at radius 1 is 1.14 bits per heavy atom. The molecule has 0 atom stereocenters. The fourth-order valence-electron chi connectivity index (χ4n) is 2.70. The van der Waals surface area contributed by atoms with Crippen LogP contribution in [0.5, 0.6) is 11.5 Å². The van der Waals surface area contributed by atoms with E-state index in [4.69, 9.17) is 9.47 Å². The van der Waals surface area contributed by atoms with Crippen molar-refractivity contribution in [3.05, 3.63) is 39.6 Å². The summed E-state index contributed by atoms with van der Waals surface area (Å²) in [4.78, 5) is 14.6. The van der Waals surface area contributed by atoms with Gasteiger partial charge in [-0.2, -0.15) is 0 Å². The van der Waals surface area contributed by atoms with Gasteiger partial charge in [0.1, 0.15) is 11.5 Å². The smallest absolute Gasteiger partial charge is 0.265 e. The summed E-state index contributed by atoms with van der Waals surface area (Å²) in [7, 11) is 3.18. The number of nitrogens with one attached hydrogen (secondary N) is 1. The fraction of sp³-hybridized carbons (Fsp3) is 0.353. The molecule has 116 valence electrons. The minimum absolute atomic E-state index is 0.0917. The molecule has 5 heteroatoms. The molecule has 0 aliphatic heterocycles. The number of carbonyl (C=O) groups is 1. The van der Waals surface area contributed by atoms with Gasteiger partial charge < -0.3 is 14.8 Å². The number of benzene rings is 1. The highest BCUT2D eigenvalue weighted by molar-refractivity contribution is 7.14. The Morgan fingerprint density at radius 2 is 1.95 bits per heavy atom. The lowest BCUT2D eigenvalue weighted by Gasteiger charge is -2.11. The fourth-order valence-corrected chi connectivity index (χ4v) is 3.85. The first kappa shape index (κ1) is 14.9. The van der Waals surface area contributed by atoms with E-state index in [-0.39, 0.29) is 5.91 Å². The van der Waals surface area contributed by atoms with Crippen molar-refractivity contribution >= 4 is 22.9 Å². The molecule has 0 unspecified atom stereocenters. The monoisotopic (exact) mass is 317 g/mol. The minimum atomic E-state index is -0.0917. The number of aryl methyl sites for hydroxylation is 2. The molecule has 0 saturated heterocycles. The van der Waals surface area contributed by atoms with Crippen LogP contribution >= 0.6 is 11.3 Å². The zero-order valence-corrected chi connectivity index (χ0v) is 13.6. The third kappa shape index (κ3) is 2.95. The number of fused-ring (bicyclic) bond motifs is 1. The zero-order valence-electron chi connectivity index (χ0n) is 12.8. The molecule has 0 radical (unpaired) electrons. The average molecular weight is 317 g/mol. The van der Waals surface area contributed by atoms with Gasteiger partial charge in [-0.25, -0.2) is 0 Å². The van der Waals surface area contributed by atoms with E-state index in [0.717, 1.165) is 17.7 Å². The van der Waals surface area contributed by atoms with Gasteiger partial charge in [0.25, 0.3) is 5.91 Å². The number of anilines is 1. The summed E-state index contributed by atoms with van der Waals surface area (Å²) in [5.41, 5.74) is 1.96. The van der Waals surface area contributed by atoms with Crippen LogP contribution in [0.15, 0.2) is 24.3 Å². The van der Waals surface area contributed by atoms with Crippen LogP contribution in [-0.4, -0.2) is 20.1 Å². The third-order valence-corrected chi connectivity index (χ3v) is 5.11. The van der Waals surface area contributed by atoms with Crippen LogP contribution in [0.25, 0.3) is 0 Å². The van der Waals surface area contributed by atoms with E-state index in [1.807, 2.05) is 6.07 Å². The van der Waals surface area contributed by atoms with Crippen molar-refractivity contribution in [3.8, 4) is 11.5 Å². The number of hydrogen-bond donors (Lipinski definition) is 1. The second-order valence-corrected chi connectivity index (χ2v) is 6.42. The number of thiophene rings is 1. The summed E-state index contributed by atoms with van der Waals surface area (Å²) in [6, 6.07) is 7.39. The summed E-state index contributed by atoms with van der Waals surface area (Å²) in [6.45, 7) is 0. The Hall–Kier alpha value is -2.01. The first-order chi connectivity index (χ1) is 10.7. The summed E-state index contributed by atoms with van der Waals surface area (Å²) in [6.07, 6.45) is 4.62. The summed E-state index contributed by atoms with van der Waals surface area (Å²) in [5, 5.41) is 2.93. The molecular weight excluding hydrogens is 298 g/mol. The van der Waals surface area contributed by atoms with Crippen molar-refractivity contribution in [2.75, 3.05) is 19.5 Å². The predicted molar refractivity (Wildman–Crippen MR) is 88.5 cm³/mol. The number of rotatable bonds is 4. The molecule has 4 nitrogen and oxygen atoms in total.